The molecule has 2 aliphatic carbocycles. The molecule has 2 saturated carbocycles. The van der Waals surface area contributed by atoms with Crippen LogP contribution in [0.4, 0.5) is 0 Å². The Morgan fingerprint density at radius 3 is 2.27 bits per heavy atom. The predicted octanol–water partition coefficient (Wildman–Crippen LogP) is 2.30. The molecule has 0 aromatic heterocycles. The average Bonchev–Trinajstić information content (AvgIpc) is 2.67. The van der Waals surface area contributed by atoms with Crippen LogP contribution in [0.5, 0.6) is 0 Å². The second-order valence-corrected chi connectivity index (χ2v) is 4.39. The lowest BCUT2D eigenvalue weighted by Gasteiger charge is -2.17. The Morgan fingerprint density at radius 2 is 1.73 bits per heavy atom. The van der Waals surface area contributed by atoms with Gasteiger partial charge in [0.25, 0.3) is 0 Å². The summed E-state index contributed by atoms with van der Waals surface area (Å²) in [7, 11) is 0. The van der Waals surface area contributed by atoms with Crippen molar-refractivity contribution < 1.29 is 0 Å². The maximum absolute atomic E-state index is 6.12. The summed E-state index contributed by atoms with van der Waals surface area (Å²) in [4.78, 5) is 0. The summed E-state index contributed by atoms with van der Waals surface area (Å²) < 4.78 is 0. The first-order chi connectivity index (χ1) is 5.36. The van der Waals surface area contributed by atoms with Gasteiger partial charge in [0.1, 0.15) is 0 Å². The molecule has 0 aromatic carbocycles. The van der Waals surface area contributed by atoms with Crippen LogP contribution >= 0.6 is 0 Å². The van der Waals surface area contributed by atoms with E-state index in [0.717, 1.165) is 11.8 Å². The highest BCUT2D eigenvalue weighted by Gasteiger charge is 2.29. The second-order valence-electron chi connectivity index (χ2n) is 4.39. The zero-order valence-corrected chi connectivity index (χ0v) is 7.26. The van der Waals surface area contributed by atoms with Crippen molar-refractivity contribution >= 4 is 0 Å². The lowest BCUT2D eigenvalue weighted by molar-refractivity contribution is 0.394. The molecule has 0 saturated heterocycles. The Labute approximate surface area is 69.4 Å². The molecule has 0 unspecified atom stereocenters. The molecule has 1 nitrogen and oxygen atoms in total. The van der Waals surface area contributed by atoms with E-state index in [1.54, 1.807) is 0 Å². The van der Waals surface area contributed by atoms with Crippen molar-refractivity contribution in [2.45, 2.75) is 51.0 Å². The molecule has 2 N–H and O–H groups in total. The summed E-state index contributed by atoms with van der Waals surface area (Å²) in [6.07, 6.45) is 9.93. The smallest absolute Gasteiger partial charge is 0.00697 e. The fraction of sp³-hybridized carbons (Fsp3) is 1.00. The highest BCUT2D eigenvalue weighted by atomic mass is 14.7. The Balaban J connectivity index is 1.73. The van der Waals surface area contributed by atoms with Gasteiger partial charge >= 0.3 is 0 Å². The molecule has 0 amide bonds. The maximum atomic E-state index is 6.12. The molecule has 0 bridgehead atoms. The van der Waals surface area contributed by atoms with E-state index in [4.69, 9.17) is 5.73 Å². The van der Waals surface area contributed by atoms with Crippen LogP contribution in [0.2, 0.25) is 0 Å². The normalized spacial score (nSPS) is 29.2. The molecule has 1 atom stereocenters. The Morgan fingerprint density at radius 1 is 1.09 bits per heavy atom. The van der Waals surface area contributed by atoms with E-state index < -0.39 is 0 Å². The standard InChI is InChI=1S/C10H19N/c11-10(7-8-5-6-8)9-3-1-2-4-9/h8-10H,1-7,11H2/t10-/m1/s1. The van der Waals surface area contributed by atoms with Crippen LogP contribution < -0.4 is 5.73 Å². The fourth-order valence-corrected chi connectivity index (χ4v) is 2.32. The molecule has 2 rings (SSSR count). The largest absolute Gasteiger partial charge is 0.327 e. The van der Waals surface area contributed by atoms with Crippen molar-refractivity contribution in [3.05, 3.63) is 0 Å². The zero-order valence-electron chi connectivity index (χ0n) is 7.26. The fourth-order valence-electron chi connectivity index (χ4n) is 2.32. The van der Waals surface area contributed by atoms with Gasteiger partial charge in [0.2, 0.25) is 0 Å². The van der Waals surface area contributed by atoms with Crippen molar-refractivity contribution in [1.29, 1.82) is 0 Å². The van der Waals surface area contributed by atoms with E-state index in [0.29, 0.717) is 6.04 Å². The highest BCUT2D eigenvalue weighted by Crippen LogP contribution is 2.37. The van der Waals surface area contributed by atoms with Gasteiger partial charge in [-0.25, -0.2) is 0 Å². The van der Waals surface area contributed by atoms with E-state index in [1.165, 1.54) is 44.9 Å². The molecule has 11 heavy (non-hydrogen) atoms. The van der Waals surface area contributed by atoms with Crippen LogP contribution in [0.1, 0.15) is 44.9 Å². The minimum Gasteiger partial charge on any atom is -0.327 e. The third-order valence-electron chi connectivity index (χ3n) is 3.31. The molecule has 1 heteroatoms. The molecule has 64 valence electrons. The van der Waals surface area contributed by atoms with Gasteiger partial charge in [-0.15, -0.1) is 0 Å². The van der Waals surface area contributed by atoms with Crippen molar-refractivity contribution in [3.8, 4) is 0 Å². The lowest BCUT2D eigenvalue weighted by Crippen LogP contribution is -2.28. The molecule has 0 aromatic rings. The van der Waals surface area contributed by atoms with Crippen LogP contribution in [0, 0.1) is 11.8 Å². The van der Waals surface area contributed by atoms with E-state index >= 15 is 0 Å². The molecule has 0 radical (unpaired) electrons. The Bertz CT molecular complexity index is 123. The molecular formula is C10H19N. The summed E-state index contributed by atoms with van der Waals surface area (Å²) in [5, 5.41) is 0. The molecule has 2 aliphatic rings. The van der Waals surface area contributed by atoms with Crippen LogP contribution in [0.25, 0.3) is 0 Å². The second kappa shape index (κ2) is 3.14. The van der Waals surface area contributed by atoms with Gasteiger partial charge < -0.3 is 5.73 Å². The topological polar surface area (TPSA) is 26.0 Å². The summed E-state index contributed by atoms with van der Waals surface area (Å²) >= 11 is 0. The van der Waals surface area contributed by atoms with Crippen molar-refractivity contribution in [2.75, 3.05) is 0 Å². The quantitative estimate of drug-likeness (QED) is 0.661. The van der Waals surface area contributed by atoms with Crippen LogP contribution in [0.15, 0.2) is 0 Å². The van der Waals surface area contributed by atoms with Crippen LogP contribution in [0.3, 0.4) is 0 Å². The Hall–Kier alpha value is -0.0400. The van der Waals surface area contributed by atoms with Gasteiger partial charge in [-0.2, -0.15) is 0 Å². The van der Waals surface area contributed by atoms with Gasteiger partial charge in [-0.3, -0.25) is 0 Å². The molecule has 2 fully saturated rings. The number of hydrogen-bond acceptors (Lipinski definition) is 1. The van der Waals surface area contributed by atoms with E-state index in [-0.39, 0.29) is 0 Å². The van der Waals surface area contributed by atoms with Crippen molar-refractivity contribution in [3.63, 3.8) is 0 Å². The van der Waals surface area contributed by atoms with Gasteiger partial charge in [0.05, 0.1) is 0 Å². The van der Waals surface area contributed by atoms with Crippen LogP contribution in [-0.4, -0.2) is 6.04 Å². The first-order valence-electron chi connectivity index (χ1n) is 5.12. The van der Waals surface area contributed by atoms with Crippen molar-refractivity contribution in [1.82, 2.24) is 0 Å². The summed E-state index contributed by atoms with van der Waals surface area (Å²) in [5.41, 5.74) is 6.12. The van der Waals surface area contributed by atoms with Gasteiger partial charge in [0.15, 0.2) is 0 Å². The summed E-state index contributed by atoms with van der Waals surface area (Å²) in [6.45, 7) is 0. The minimum atomic E-state index is 0.546. The predicted molar refractivity (Wildman–Crippen MR) is 47.3 cm³/mol. The minimum absolute atomic E-state index is 0.546. The van der Waals surface area contributed by atoms with E-state index in [1.807, 2.05) is 0 Å². The molecule has 0 spiro atoms. The number of rotatable bonds is 3. The highest BCUT2D eigenvalue weighted by molar-refractivity contribution is 4.84. The monoisotopic (exact) mass is 153 g/mol. The van der Waals surface area contributed by atoms with Crippen LogP contribution in [-0.2, 0) is 0 Å². The van der Waals surface area contributed by atoms with Crippen molar-refractivity contribution in [2.24, 2.45) is 17.6 Å². The first kappa shape index (κ1) is 7.60. The van der Waals surface area contributed by atoms with Gasteiger partial charge in [0, 0.05) is 6.04 Å². The summed E-state index contributed by atoms with van der Waals surface area (Å²) in [6, 6.07) is 0.546. The lowest BCUT2D eigenvalue weighted by atomic mass is 9.94. The molecular weight excluding hydrogens is 134 g/mol. The third kappa shape index (κ3) is 1.96. The molecule has 0 heterocycles. The first-order valence-corrected chi connectivity index (χ1v) is 5.12. The number of nitrogens with two attached hydrogens (primary N) is 1. The third-order valence-corrected chi connectivity index (χ3v) is 3.31. The maximum Gasteiger partial charge on any atom is 0.00697 e. The summed E-state index contributed by atoms with van der Waals surface area (Å²) in [5.74, 6) is 1.90. The Kier molecular flexibility index (Phi) is 2.17. The molecule has 0 aliphatic heterocycles. The van der Waals surface area contributed by atoms with Gasteiger partial charge in [-0.05, 0) is 31.1 Å². The SMILES string of the molecule is N[C@H](CC1CC1)C1CCCC1. The zero-order chi connectivity index (χ0) is 7.68. The van der Waals surface area contributed by atoms with Gasteiger partial charge in [-0.1, -0.05) is 25.7 Å². The average molecular weight is 153 g/mol. The number of hydrogen-bond donors (Lipinski definition) is 1. The van der Waals surface area contributed by atoms with E-state index in [2.05, 4.69) is 0 Å². The van der Waals surface area contributed by atoms with E-state index in [9.17, 15) is 0 Å².